The van der Waals surface area contributed by atoms with E-state index in [1.54, 1.807) is 0 Å². The summed E-state index contributed by atoms with van der Waals surface area (Å²) in [5.41, 5.74) is 8.42. The Morgan fingerprint density at radius 2 is 1.87 bits per heavy atom. The zero-order valence-corrected chi connectivity index (χ0v) is 18.0. The van der Waals surface area contributed by atoms with Crippen LogP contribution in [0.15, 0.2) is 59.7 Å². The Hall–Kier alpha value is -3.01. The Bertz CT molecular complexity index is 1080. The van der Waals surface area contributed by atoms with Gasteiger partial charge in [0.05, 0.1) is 16.8 Å². The van der Waals surface area contributed by atoms with Gasteiger partial charge in [0.2, 0.25) is 0 Å². The number of pyridine rings is 1. The summed E-state index contributed by atoms with van der Waals surface area (Å²) >= 11 is 0. The molecule has 1 aliphatic rings. The number of rotatable bonds is 4. The molecule has 1 N–H and O–H groups in total. The Balaban J connectivity index is 1.69. The second kappa shape index (κ2) is 8.78. The molecule has 0 spiro atoms. The molecule has 0 aliphatic heterocycles. The van der Waals surface area contributed by atoms with Gasteiger partial charge < -0.3 is 0 Å². The lowest BCUT2D eigenvalue weighted by molar-refractivity contribution is 0.0956. The zero-order chi connectivity index (χ0) is 21.1. The Morgan fingerprint density at radius 3 is 2.60 bits per heavy atom. The van der Waals surface area contributed by atoms with Crippen LogP contribution in [0.2, 0.25) is 0 Å². The normalized spacial score (nSPS) is 18.1. The highest BCUT2D eigenvalue weighted by atomic mass is 16.2. The third-order valence-electron chi connectivity index (χ3n) is 6.02. The lowest BCUT2D eigenvalue weighted by atomic mass is 9.89. The van der Waals surface area contributed by atoms with Crippen LogP contribution in [0, 0.1) is 5.92 Å². The molecule has 30 heavy (non-hydrogen) atoms. The lowest BCUT2D eigenvalue weighted by Crippen LogP contribution is -2.24. The highest BCUT2D eigenvalue weighted by Crippen LogP contribution is 2.27. The van der Waals surface area contributed by atoms with Crippen molar-refractivity contribution in [1.29, 1.82) is 0 Å². The largest absolute Gasteiger partial charge is 0.272 e. The van der Waals surface area contributed by atoms with Crippen LogP contribution in [-0.4, -0.2) is 16.6 Å². The summed E-state index contributed by atoms with van der Waals surface area (Å²) in [6, 6.07) is 18.1. The van der Waals surface area contributed by atoms with Crippen molar-refractivity contribution in [3.63, 3.8) is 0 Å². The summed E-state index contributed by atoms with van der Waals surface area (Å²) in [5, 5.41) is 5.32. The van der Waals surface area contributed by atoms with Crippen molar-refractivity contribution in [2.45, 2.75) is 52.4 Å². The van der Waals surface area contributed by atoms with Crippen LogP contribution in [-0.2, 0) is 0 Å². The van der Waals surface area contributed by atoms with E-state index >= 15 is 0 Å². The van der Waals surface area contributed by atoms with Crippen LogP contribution in [0.4, 0.5) is 0 Å². The number of para-hydroxylation sites is 1. The van der Waals surface area contributed by atoms with E-state index in [0.29, 0.717) is 17.4 Å². The number of carbonyl (C=O) groups excluding carboxylic acids is 1. The minimum absolute atomic E-state index is 0.182. The van der Waals surface area contributed by atoms with Gasteiger partial charge in [-0.2, -0.15) is 5.10 Å². The molecule has 0 saturated heterocycles. The van der Waals surface area contributed by atoms with Crippen LogP contribution < -0.4 is 5.43 Å². The van der Waals surface area contributed by atoms with Gasteiger partial charge in [0, 0.05) is 16.7 Å². The van der Waals surface area contributed by atoms with Gasteiger partial charge in [-0.3, -0.25) is 4.79 Å². The highest BCUT2D eigenvalue weighted by Gasteiger charge is 2.18. The predicted molar refractivity (Wildman–Crippen MR) is 124 cm³/mol. The van der Waals surface area contributed by atoms with Crippen LogP contribution >= 0.6 is 0 Å². The van der Waals surface area contributed by atoms with E-state index in [9.17, 15) is 4.79 Å². The number of nitrogens with one attached hydrogen (secondary N) is 1. The first-order valence-electron chi connectivity index (χ1n) is 10.9. The number of carbonyl (C=O) groups is 1. The van der Waals surface area contributed by atoms with Crippen LogP contribution in [0.1, 0.15) is 68.3 Å². The van der Waals surface area contributed by atoms with E-state index in [1.807, 2.05) is 30.3 Å². The third kappa shape index (κ3) is 4.28. The summed E-state index contributed by atoms with van der Waals surface area (Å²) in [6.45, 7) is 6.55. The van der Waals surface area contributed by atoms with Crippen molar-refractivity contribution < 1.29 is 4.79 Å². The van der Waals surface area contributed by atoms with Crippen LogP contribution in [0.25, 0.3) is 22.2 Å². The fourth-order valence-electron chi connectivity index (χ4n) is 4.07. The number of hydrogen-bond acceptors (Lipinski definition) is 3. The number of aromatic nitrogens is 1. The van der Waals surface area contributed by atoms with Crippen LogP contribution in [0.5, 0.6) is 0 Å². The molecule has 3 aromatic rings. The van der Waals surface area contributed by atoms with Crippen molar-refractivity contribution in [3.8, 4) is 11.3 Å². The molecule has 4 heteroatoms. The van der Waals surface area contributed by atoms with Gasteiger partial charge >= 0.3 is 0 Å². The van der Waals surface area contributed by atoms with Crippen molar-refractivity contribution in [1.82, 2.24) is 10.4 Å². The molecule has 4 rings (SSSR count). The fourth-order valence-corrected chi connectivity index (χ4v) is 4.07. The lowest BCUT2D eigenvalue weighted by Gasteiger charge is -2.19. The molecule has 1 aromatic heterocycles. The first-order valence-corrected chi connectivity index (χ1v) is 10.9. The molecule has 154 valence electrons. The number of amides is 1. The van der Waals surface area contributed by atoms with E-state index in [1.165, 1.54) is 12.0 Å². The molecule has 1 atom stereocenters. The van der Waals surface area contributed by atoms with Gasteiger partial charge in [0.1, 0.15) is 0 Å². The van der Waals surface area contributed by atoms with Gasteiger partial charge in [0.25, 0.3) is 5.91 Å². The van der Waals surface area contributed by atoms with Gasteiger partial charge in [-0.05, 0) is 48.8 Å². The molecule has 0 bridgehead atoms. The summed E-state index contributed by atoms with van der Waals surface area (Å²) in [6.07, 6.45) is 4.49. The van der Waals surface area contributed by atoms with Crippen molar-refractivity contribution in [2.24, 2.45) is 11.0 Å². The second-order valence-corrected chi connectivity index (χ2v) is 8.54. The van der Waals surface area contributed by atoms with Gasteiger partial charge in [-0.25, -0.2) is 10.4 Å². The summed E-state index contributed by atoms with van der Waals surface area (Å²) in [4.78, 5) is 17.9. The smallest absolute Gasteiger partial charge is 0.267 e. The molecule has 1 aliphatic carbocycles. The number of fused-ring (bicyclic) bond motifs is 1. The topological polar surface area (TPSA) is 54.4 Å². The maximum Gasteiger partial charge on any atom is 0.272 e. The summed E-state index contributed by atoms with van der Waals surface area (Å²) in [5.74, 6) is 0.730. The van der Waals surface area contributed by atoms with E-state index in [4.69, 9.17) is 4.98 Å². The number of hydrazone groups is 1. The molecule has 1 amide bonds. The zero-order valence-electron chi connectivity index (χ0n) is 18.0. The van der Waals surface area contributed by atoms with Gasteiger partial charge in [-0.1, -0.05) is 69.7 Å². The average Bonchev–Trinajstić information content (AvgIpc) is 2.77. The van der Waals surface area contributed by atoms with E-state index < -0.39 is 0 Å². The maximum absolute atomic E-state index is 13.1. The molecular weight excluding hydrogens is 370 g/mol. The Morgan fingerprint density at radius 1 is 1.10 bits per heavy atom. The molecule has 1 unspecified atom stereocenters. The number of nitrogens with zero attached hydrogens (tertiary/aromatic N) is 2. The SMILES string of the molecule is CC1CCCCC1=NNC(=O)c1cc(-c2ccc(C(C)C)cc2)nc2ccccc12. The molecule has 0 radical (unpaired) electrons. The van der Waals surface area contributed by atoms with Crippen molar-refractivity contribution in [2.75, 3.05) is 0 Å². The van der Waals surface area contributed by atoms with E-state index in [0.717, 1.165) is 47.1 Å². The van der Waals surface area contributed by atoms with E-state index in [2.05, 4.69) is 55.6 Å². The van der Waals surface area contributed by atoms with Crippen molar-refractivity contribution >= 4 is 22.5 Å². The standard InChI is InChI=1S/C26H29N3O/c1-17(2)19-12-14-20(15-13-19)25-16-22(21-9-5-7-11-24(21)27-25)26(30)29-28-23-10-6-4-8-18(23)3/h5,7,9,11-18H,4,6,8,10H2,1-3H3,(H,29,30). The first-order chi connectivity index (χ1) is 14.5. The summed E-state index contributed by atoms with van der Waals surface area (Å²) < 4.78 is 0. The molecular formula is C26H29N3O. The molecule has 1 saturated carbocycles. The second-order valence-electron chi connectivity index (χ2n) is 8.54. The Labute approximate surface area is 178 Å². The van der Waals surface area contributed by atoms with Gasteiger partial charge in [0.15, 0.2) is 0 Å². The molecule has 4 nitrogen and oxygen atoms in total. The quantitative estimate of drug-likeness (QED) is 0.522. The monoisotopic (exact) mass is 399 g/mol. The first kappa shape index (κ1) is 20.3. The minimum atomic E-state index is -0.182. The molecule has 2 aromatic carbocycles. The summed E-state index contributed by atoms with van der Waals surface area (Å²) in [7, 11) is 0. The number of hydrogen-bond donors (Lipinski definition) is 1. The van der Waals surface area contributed by atoms with Gasteiger partial charge in [-0.15, -0.1) is 0 Å². The third-order valence-corrected chi connectivity index (χ3v) is 6.02. The molecule has 1 heterocycles. The van der Waals surface area contributed by atoms with E-state index in [-0.39, 0.29) is 5.91 Å². The predicted octanol–water partition coefficient (Wildman–Crippen LogP) is 6.32. The number of benzene rings is 2. The van der Waals surface area contributed by atoms with Crippen LogP contribution in [0.3, 0.4) is 0 Å². The Kier molecular flexibility index (Phi) is 5.93. The fraction of sp³-hybridized carbons (Fsp3) is 0.346. The highest BCUT2D eigenvalue weighted by molar-refractivity contribution is 6.07. The minimum Gasteiger partial charge on any atom is -0.267 e. The maximum atomic E-state index is 13.1. The average molecular weight is 400 g/mol. The van der Waals surface area contributed by atoms with Crippen molar-refractivity contribution in [3.05, 3.63) is 65.7 Å². The molecule has 1 fully saturated rings.